The van der Waals surface area contributed by atoms with E-state index in [-0.39, 0.29) is 30.0 Å². The van der Waals surface area contributed by atoms with Gasteiger partial charge in [-0.2, -0.15) is 0 Å². The van der Waals surface area contributed by atoms with Gasteiger partial charge in [0.1, 0.15) is 62.5 Å². The molecule has 11 nitrogen and oxygen atoms in total. The van der Waals surface area contributed by atoms with Crippen molar-refractivity contribution in [3.63, 3.8) is 0 Å². The summed E-state index contributed by atoms with van der Waals surface area (Å²) in [5, 5.41) is 9.69. The van der Waals surface area contributed by atoms with E-state index in [9.17, 15) is 16.8 Å². The fourth-order valence-electron chi connectivity index (χ4n) is 14.6. The van der Waals surface area contributed by atoms with Gasteiger partial charge in [-0.3, -0.25) is 0 Å². The van der Waals surface area contributed by atoms with E-state index in [1.54, 1.807) is 31.2 Å². The molecule has 9 aromatic heterocycles. The van der Waals surface area contributed by atoms with Gasteiger partial charge in [0, 0.05) is 53.3 Å². The Hall–Kier alpha value is -9.16. The first-order valence-electron chi connectivity index (χ1n) is 29.1. The number of thiophene rings is 2. The minimum Gasteiger partial charge on any atom is -0.455 e. The van der Waals surface area contributed by atoms with Gasteiger partial charge in [-0.1, -0.05) is 84.9 Å². The monoisotopic (exact) mass is 1240 g/mol. The summed E-state index contributed by atoms with van der Waals surface area (Å²) in [6, 6.07) is 49.4. The zero-order valence-electron chi connectivity index (χ0n) is 48.6. The van der Waals surface area contributed by atoms with Crippen LogP contribution in [-0.4, -0.2) is 34.0 Å². The number of benzene rings is 8. The van der Waals surface area contributed by atoms with Gasteiger partial charge in [-0.05, 0) is 164 Å². The van der Waals surface area contributed by atoms with E-state index in [4.69, 9.17) is 22.1 Å². The molecule has 0 saturated carbocycles. The maximum Gasteiger partial charge on any atom is 0.210 e. The molecule has 0 spiro atoms. The summed E-state index contributed by atoms with van der Waals surface area (Å²) in [5.74, 6) is 1.06. The molecule has 0 atom stereocenters. The van der Waals surface area contributed by atoms with Crippen molar-refractivity contribution >= 4 is 190 Å². The average molecular weight is 1240 g/mol. The van der Waals surface area contributed by atoms with Crippen LogP contribution in [0.15, 0.2) is 177 Å². The molecule has 0 fully saturated rings. The predicted molar refractivity (Wildman–Crippen MR) is 359 cm³/mol. The number of aromatic nitrogens is 2. The van der Waals surface area contributed by atoms with Crippen molar-refractivity contribution in [1.82, 2.24) is 9.13 Å². The van der Waals surface area contributed by atoms with Crippen LogP contribution in [0.5, 0.6) is 0 Å². The topological polar surface area (TPSA) is 144 Å². The Morgan fingerprint density at radius 3 is 1.65 bits per heavy atom. The number of furan rings is 5. The highest BCUT2D eigenvalue weighted by molar-refractivity contribution is 8.09. The standard InChI is InChI=1S/C37H27NO3SSi.C35H21NO6S3/c1-18-6-10-21(11-7-18)38-30-22-12-8-19(2)14-26(22)39-32(30)33-31(38)24-16-28-25(17-27(24)40-33)36-34(41-28)35-37(43(36,4)5)23-13-9-20(3)15-29(23)42-35;1-16-4-8-19(9-5-16)36-24-12-17(2)6-10-20(24)29-28(36)31-30(42-29)22-15-26-23(14-25(22)41-31)33-32(43-26)35-34(45(33,39)40)21-11-7-18(3)13-27(21)44(35,37)38/h6-17H,1-5H3;4-15H,1-3H3. The van der Waals surface area contributed by atoms with Crippen molar-refractivity contribution in [2.24, 2.45) is 0 Å². The van der Waals surface area contributed by atoms with Crippen LogP contribution in [0.2, 0.25) is 13.1 Å². The van der Waals surface area contributed by atoms with Gasteiger partial charge >= 0.3 is 0 Å². The van der Waals surface area contributed by atoms with Crippen LogP contribution in [0.25, 0.3) is 151 Å². The third-order valence-corrected chi connectivity index (χ3v) is 28.8. The minimum atomic E-state index is -4.11. The molecule has 88 heavy (non-hydrogen) atoms. The van der Waals surface area contributed by atoms with E-state index in [2.05, 4.69) is 172 Å². The van der Waals surface area contributed by atoms with E-state index in [1.807, 2.05) is 17.4 Å². The molecule has 20 rings (SSSR count). The molecule has 0 saturated heterocycles. The molecule has 3 aliphatic heterocycles. The van der Waals surface area contributed by atoms with Crippen LogP contribution in [0.1, 0.15) is 43.8 Å². The summed E-state index contributed by atoms with van der Waals surface area (Å²) in [7, 11) is -10.1. The van der Waals surface area contributed by atoms with Crippen molar-refractivity contribution in [1.29, 1.82) is 0 Å². The second-order valence-corrected chi connectivity index (χ2v) is 34.8. The van der Waals surface area contributed by atoms with Crippen molar-refractivity contribution in [3.8, 4) is 22.0 Å². The highest BCUT2D eigenvalue weighted by Crippen LogP contribution is 2.60. The third kappa shape index (κ3) is 6.40. The van der Waals surface area contributed by atoms with Crippen molar-refractivity contribution in [3.05, 3.63) is 189 Å². The molecule has 17 aromatic rings. The maximum absolute atomic E-state index is 14.1. The number of hydrogen-bond acceptors (Lipinski definition) is 11. The van der Waals surface area contributed by atoms with Gasteiger partial charge in [-0.15, -0.1) is 22.7 Å². The maximum atomic E-state index is 14.1. The first-order valence-corrected chi connectivity index (χ1v) is 36.7. The quantitative estimate of drug-likeness (QED) is 0.155. The summed E-state index contributed by atoms with van der Waals surface area (Å²) in [6.07, 6.45) is 0. The van der Waals surface area contributed by atoms with E-state index < -0.39 is 27.7 Å². The lowest BCUT2D eigenvalue weighted by molar-refractivity contribution is 0.606. The van der Waals surface area contributed by atoms with Gasteiger partial charge in [0.2, 0.25) is 19.7 Å². The van der Waals surface area contributed by atoms with E-state index in [0.29, 0.717) is 37.8 Å². The van der Waals surface area contributed by atoms with Crippen LogP contribution in [0.3, 0.4) is 0 Å². The van der Waals surface area contributed by atoms with Crippen LogP contribution in [-0.2, 0) is 19.7 Å². The SMILES string of the molecule is Cc1ccc(-n2c3c4ccc(C)cc4oc3c3oc4cc5c6c(oc5cc4c32)-c2sc3cc(C)ccc3c2[Si]6(C)C)cc1.Cc1ccc(-n2c3cc(C)ccc3c3oc4c5cc6sc7c(c6cc5oc4c32)S(=O)(=O)C2=C7S(=O)(=O)c3cc(C)ccc32)cc1. The molecule has 8 aromatic carbocycles. The molecule has 16 heteroatoms. The Balaban J connectivity index is 0.000000128. The molecule has 428 valence electrons. The number of hydrogen-bond donors (Lipinski definition) is 0. The molecule has 3 aliphatic rings. The summed E-state index contributed by atoms with van der Waals surface area (Å²) in [6.45, 7) is 17.2. The van der Waals surface area contributed by atoms with Gasteiger partial charge in [0.05, 0.1) is 30.4 Å². The average Bonchev–Trinajstić information content (AvgIpc) is 1.53. The van der Waals surface area contributed by atoms with E-state index in [0.717, 1.165) is 100.0 Å². The van der Waals surface area contributed by atoms with Gasteiger partial charge in [-0.25, -0.2) is 16.8 Å². The Labute approximate surface area is 510 Å². The van der Waals surface area contributed by atoms with Gasteiger partial charge in [0.15, 0.2) is 27.9 Å². The van der Waals surface area contributed by atoms with Gasteiger partial charge < -0.3 is 31.2 Å². The molecule has 0 aliphatic carbocycles. The van der Waals surface area contributed by atoms with Crippen LogP contribution in [0.4, 0.5) is 0 Å². The summed E-state index contributed by atoms with van der Waals surface area (Å²) < 4.78 is 95.3. The van der Waals surface area contributed by atoms with E-state index in [1.165, 1.54) is 58.8 Å². The summed E-state index contributed by atoms with van der Waals surface area (Å²) >= 11 is 3.06. The van der Waals surface area contributed by atoms with Crippen molar-refractivity contribution in [2.45, 2.75) is 64.4 Å². The summed E-state index contributed by atoms with van der Waals surface area (Å²) in [4.78, 5) is 1.43. The van der Waals surface area contributed by atoms with E-state index >= 15 is 0 Å². The fraction of sp³-hybridized carbons (Fsp3) is 0.111. The predicted octanol–water partition coefficient (Wildman–Crippen LogP) is 18.8. The molecule has 0 N–H and O–H groups in total. The normalized spacial score (nSPS) is 15.5. The lowest BCUT2D eigenvalue weighted by atomic mass is 10.1. The first-order chi connectivity index (χ1) is 42.3. The second kappa shape index (κ2) is 16.7. The lowest BCUT2D eigenvalue weighted by Gasteiger charge is -2.17. The van der Waals surface area contributed by atoms with Crippen molar-refractivity contribution < 1.29 is 38.9 Å². The smallest absolute Gasteiger partial charge is 0.210 e. The Morgan fingerprint density at radius 1 is 0.386 bits per heavy atom. The second-order valence-electron chi connectivity index (χ2n) is 24.8. The van der Waals surface area contributed by atoms with Crippen LogP contribution in [0, 0.1) is 41.5 Å². The molecule has 12 heterocycles. The molecule has 0 amide bonds. The molecule has 0 bridgehead atoms. The number of rotatable bonds is 2. The number of aryl methyl sites for hydroxylation is 6. The summed E-state index contributed by atoms with van der Waals surface area (Å²) in [5.41, 5.74) is 19.4. The van der Waals surface area contributed by atoms with Crippen molar-refractivity contribution in [2.75, 3.05) is 0 Å². The fourth-order valence-corrected chi connectivity index (χ4v) is 26.8. The zero-order valence-corrected chi connectivity index (χ0v) is 52.8. The third-order valence-electron chi connectivity index (χ3n) is 18.6. The van der Waals surface area contributed by atoms with Crippen LogP contribution < -0.4 is 10.4 Å². The Morgan fingerprint density at radius 2 is 0.920 bits per heavy atom. The molecule has 0 unspecified atom stereocenters. The Bertz CT molecular complexity index is 6420. The highest BCUT2D eigenvalue weighted by atomic mass is 32.2. The largest absolute Gasteiger partial charge is 0.455 e. The molecule has 0 radical (unpaired) electrons. The zero-order chi connectivity index (χ0) is 59.7. The highest BCUT2D eigenvalue weighted by Gasteiger charge is 2.51. The molecular formula is C72H48N2O9S4Si. The van der Waals surface area contributed by atoms with Crippen LogP contribution >= 0.6 is 22.7 Å². The number of nitrogens with zero attached hydrogens (tertiary/aromatic N) is 2. The Kier molecular flexibility index (Phi) is 9.67. The lowest BCUT2D eigenvalue weighted by Crippen LogP contribution is -2.49. The number of sulfone groups is 2. The minimum absolute atomic E-state index is 0.0339. The number of fused-ring (bicyclic) bond motifs is 27. The van der Waals surface area contributed by atoms with Gasteiger partial charge in [0.25, 0.3) is 0 Å². The molecular weight excluding hydrogens is 1190 g/mol. The first kappa shape index (κ1) is 50.9.